The lowest BCUT2D eigenvalue weighted by Gasteiger charge is -2.17. The third kappa shape index (κ3) is 2.79. The van der Waals surface area contributed by atoms with Crippen molar-refractivity contribution in [3.05, 3.63) is 58.7 Å². The fourth-order valence-electron chi connectivity index (χ4n) is 2.52. The molecule has 0 saturated heterocycles. The lowest BCUT2D eigenvalue weighted by atomic mass is 9.90. The van der Waals surface area contributed by atoms with Gasteiger partial charge in [0.15, 0.2) is 0 Å². The van der Waals surface area contributed by atoms with Crippen molar-refractivity contribution in [2.45, 2.75) is 39.5 Å². The van der Waals surface area contributed by atoms with Crippen LogP contribution in [0.1, 0.15) is 48.9 Å². The van der Waals surface area contributed by atoms with Crippen LogP contribution >= 0.6 is 0 Å². The number of hydrogen-bond donors (Lipinski definition) is 2. The molecule has 0 aromatic heterocycles. The minimum absolute atomic E-state index is 0.0354. The van der Waals surface area contributed by atoms with Gasteiger partial charge in [-0.25, -0.2) is 0 Å². The molecule has 2 rings (SSSR count). The molecule has 0 spiro atoms. The summed E-state index contributed by atoms with van der Waals surface area (Å²) in [5.41, 5.74) is 3.93. The SMILES string of the molecule is CCc1ccc(C(C)c2ccc(CC)cc2O)c(O)c1. The van der Waals surface area contributed by atoms with E-state index in [1.807, 2.05) is 43.3 Å². The number of aromatic hydroxyl groups is 2. The Morgan fingerprint density at radius 3 is 1.50 bits per heavy atom. The van der Waals surface area contributed by atoms with Gasteiger partial charge in [0.05, 0.1) is 0 Å². The molecule has 2 nitrogen and oxygen atoms in total. The topological polar surface area (TPSA) is 40.5 Å². The van der Waals surface area contributed by atoms with Gasteiger partial charge in [-0.2, -0.15) is 0 Å². The quantitative estimate of drug-likeness (QED) is 0.865. The average molecular weight is 270 g/mol. The summed E-state index contributed by atoms with van der Waals surface area (Å²) in [4.78, 5) is 0. The van der Waals surface area contributed by atoms with Crippen LogP contribution in [0.5, 0.6) is 11.5 Å². The normalized spacial score (nSPS) is 11.0. The Morgan fingerprint density at radius 1 is 0.800 bits per heavy atom. The molecule has 106 valence electrons. The minimum Gasteiger partial charge on any atom is -0.508 e. The predicted molar refractivity (Wildman–Crippen MR) is 82.5 cm³/mol. The van der Waals surface area contributed by atoms with Crippen molar-refractivity contribution >= 4 is 0 Å². The molecule has 0 aliphatic heterocycles. The largest absolute Gasteiger partial charge is 0.508 e. The van der Waals surface area contributed by atoms with Gasteiger partial charge in [0.25, 0.3) is 0 Å². The van der Waals surface area contributed by atoms with E-state index in [0.29, 0.717) is 11.5 Å². The number of hydrogen-bond acceptors (Lipinski definition) is 2. The maximum absolute atomic E-state index is 10.2. The molecule has 2 N–H and O–H groups in total. The summed E-state index contributed by atoms with van der Waals surface area (Å²) in [7, 11) is 0. The molecule has 0 fully saturated rings. The van der Waals surface area contributed by atoms with Crippen LogP contribution in [0.2, 0.25) is 0 Å². The van der Waals surface area contributed by atoms with Crippen molar-refractivity contribution in [1.82, 2.24) is 0 Å². The van der Waals surface area contributed by atoms with Crippen LogP contribution in [0.25, 0.3) is 0 Å². The van der Waals surface area contributed by atoms with Crippen LogP contribution in [0.3, 0.4) is 0 Å². The first kappa shape index (κ1) is 14.4. The highest BCUT2D eigenvalue weighted by Gasteiger charge is 2.16. The number of phenols is 2. The average Bonchev–Trinajstić information content (AvgIpc) is 2.46. The van der Waals surface area contributed by atoms with Crippen LogP contribution in [0, 0.1) is 0 Å². The molecule has 20 heavy (non-hydrogen) atoms. The summed E-state index contributed by atoms with van der Waals surface area (Å²) in [6.45, 7) is 6.13. The Hall–Kier alpha value is -1.96. The molecule has 0 amide bonds. The zero-order chi connectivity index (χ0) is 14.7. The van der Waals surface area contributed by atoms with Crippen LogP contribution in [-0.2, 0) is 12.8 Å². The number of rotatable bonds is 4. The van der Waals surface area contributed by atoms with Gasteiger partial charge in [-0.15, -0.1) is 0 Å². The first-order chi connectivity index (χ1) is 9.56. The Labute approximate surface area is 120 Å². The molecule has 0 bridgehead atoms. The van der Waals surface area contributed by atoms with Gasteiger partial charge in [-0.3, -0.25) is 0 Å². The molecule has 0 heterocycles. The highest BCUT2D eigenvalue weighted by atomic mass is 16.3. The van der Waals surface area contributed by atoms with E-state index in [1.54, 1.807) is 0 Å². The fourth-order valence-corrected chi connectivity index (χ4v) is 2.52. The van der Waals surface area contributed by atoms with E-state index in [9.17, 15) is 10.2 Å². The standard InChI is InChI=1S/C18H22O2/c1-4-13-6-8-15(17(19)10-13)12(3)16-9-7-14(5-2)11-18(16)20/h6-12,19-20H,4-5H2,1-3H3. The summed E-state index contributed by atoms with van der Waals surface area (Å²) < 4.78 is 0. The Morgan fingerprint density at radius 2 is 1.20 bits per heavy atom. The second-order valence-electron chi connectivity index (χ2n) is 5.22. The van der Waals surface area contributed by atoms with E-state index in [4.69, 9.17) is 0 Å². The van der Waals surface area contributed by atoms with Crippen molar-refractivity contribution in [1.29, 1.82) is 0 Å². The molecule has 0 radical (unpaired) electrons. The monoisotopic (exact) mass is 270 g/mol. The molecular weight excluding hydrogens is 248 g/mol. The van der Waals surface area contributed by atoms with E-state index in [2.05, 4.69) is 13.8 Å². The highest BCUT2D eigenvalue weighted by Crippen LogP contribution is 2.36. The van der Waals surface area contributed by atoms with Crippen LogP contribution in [0.15, 0.2) is 36.4 Å². The van der Waals surface area contributed by atoms with E-state index in [0.717, 1.165) is 35.1 Å². The molecule has 2 aromatic rings. The minimum atomic E-state index is -0.0354. The number of aryl methyl sites for hydroxylation is 2. The van der Waals surface area contributed by atoms with Crippen molar-refractivity contribution < 1.29 is 10.2 Å². The summed E-state index contributed by atoms with van der Waals surface area (Å²) in [6.07, 6.45) is 1.80. The number of benzene rings is 2. The Balaban J connectivity index is 2.38. The third-order valence-corrected chi connectivity index (χ3v) is 3.94. The Kier molecular flexibility index (Phi) is 4.33. The van der Waals surface area contributed by atoms with Crippen LogP contribution < -0.4 is 0 Å². The van der Waals surface area contributed by atoms with E-state index < -0.39 is 0 Å². The zero-order valence-corrected chi connectivity index (χ0v) is 12.4. The second-order valence-corrected chi connectivity index (χ2v) is 5.22. The van der Waals surface area contributed by atoms with Crippen molar-refractivity contribution in [3.63, 3.8) is 0 Å². The van der Waals surface area contributed by atoms with Crippen LogP contribution in [0.4, 0.5) is 0 Å². The molecule has 0 aliphatic carbocycles. The first-order valence-electron chi connectivity index (χ1n) is 7.20. The van der Waals surface area contributed by atoms with Crippen molar-refractivity contribution in [2.24, 2.45) is 0 Å². The van der Waals surface area contributed by atoms with E-state index in [-0.39, 0.29) is 5.92 Å². The maximum atomic E-state index is 10.2. The molecule has 0 unspecified atom stereocenters. The molecule has 0 aliphatic rings. The van der Waals surface area contributed by atoms with E-state index in [1.165, 1.54) is 0 Å². The summed E-state index contributed by atoms with van der Waals surface area (Å²) in [5, 5.41) is 20.3. The second kappa shape index (κ2) is 6.00. The van der Waals surface area contributed by atoms with E-state index >= 15 is 0 Å². The van der Waals surface area contributed by atoms with Gasteiger partial charge in [0, 0.05) is 17.0 Å². The summed E-state index contributed by atoms with van der Waals surface area (Å²) >= 11 is 0. The fraction of sp³-hybridized carbons (Fsp3) is 0.333. The van der Waals surface area contributed by atoms with Crippen molar-refractivity contribution in [2.75, 3.05) is 0 Å². The highest BCUT2D eigenvalue weighted by molar-refractivity contribution is 5.48. The lowest BCUT2D eigenvalue weighted by molar-refractivity contribution is 0.456. The van der Waals surface area contributed by atoms with Gasteiger partial charge in [0.1, 0.15) is 11.5 Å². The molecule has 0 saturated carbocycles. The maximum Gasteiger partial charge on any atom is 0.119 e. The molecule has 2 heteroatoms. The van der Waals surface area contributed by atoms with Gasteiger partial charge in [0.2, 0.25) is 0 Å². The summed E-state index contributed by atoms with van der Waals surface area (Å²) in [6, 6.07) is 11.6. The van der Waals surface area contributed by atoms with Gasteiger partial charge in [-0.05, 0) is 36.1 Å². The van der Waals surface area contributed by atoms with Gasteiger partial charge in [-0.1, -0.05) is 45.0 Å². The molecular formula is C18H22O2. The van der Waals surface area contributed by atoms with Crippen LogP contribution in [-0.4, -0.2) is 10.2 Å². The van der Waals surface area contributed by atoms with Gasteiger partial charge >= 0.3 is 0 Å². The predicted octanol–water partition coefficient (Wildman–Crippen LogP) is 4.37. The van der Waals surface area contributed by atoms with Gasteiger partial charge < -0.3 is 10.2 Å². The summed E-state index contributed by atoms with van der Waals surface area (Å²) in [5.74, 6) is 0.568. The molecule has 0 atom stereocenters. The van der Waals surface area contributed by atoms with Crippen molar-refractivity contribution in [3.8, 4) is 11.5 Å². The molecule has 2 aromatic carbocycles. The smallest absolute Gasteiger partial charge is 0.119 e. The Bertz CT molecular complexity index is 549. The zero-order valence-electron chi connectivity index (χ0n) is 12.4. The third-order valence-electron chi connectivity index (χ3n) is 3.94. The lowest BCUT2D eigenvalue weighted by Crippen LogP contribution is -1.98. The number of phenolic OH excluding ortho intramolecular Hbond substituents is 2. The first-order valence-corrected chi connectivity index (χ1v) is 7.20.